The number of hydrogen-bond donors (Lipinski definition) is 2. The van der Waals surface area contributed by atoms with Gasteiger partial charge >= 0.3 is 0 Å². The average molecular weight is 308 g/mol. The van der Waals surface area contributed by atoms with Gasteiger partial charge in [0.15, 0.2) is 5.78 Å². The van der Waals surface area contributed by atoms with Gasteiger partial charge in [-0.05, 0) is 49.8 Å². The van der Waals surface area contributed by atoms with E-state index in [1.165, 1.54) is 21.8 Å². The number of fused-ring (bicyclic) bond motifs is 1. The molecule has 0 saturated carbocycles. The van der Waals surface area contributed by atoms with E-state index in [1.807, 2.05) is 24.3 Å². The fourth-order valence-electron chi connectivity index (χ4n) is 3.41. The first-order valence-corrected chi connectivity index (χ1v) is 7.93. The van der Waals surface area contributed by atoms with Crippen molar-refractivity contribution in [3.05, 3.63) is 77.6 Å². The van der Waals surface area contributed by atoms with Gasteiger partial charge in [-0.15, -0.1) is 0 Å². The molecule has 0 aromatic heterocycles. The van der Waals surface area contributed by atoms with Crippen molar-refractivity contribution < 1.29 is 14.8 Å². The van der Waals surface area contributed by atoms with Gasteiger partial charge in [0.1, 0.15) is 17.9 Å². The molecule has 2 aliphatic rings. The lowest BCUT2D eigenvalue weighted by Gasteiger charge is -2.20. The first-order chi connectivity index (χ1) is 11.0. The van der Waals surface area contributed by atoms with Gasteiger partial charge in [-0.2, -0.15) is 0 Å². The molecule has 0 saturated heterocycles. The number of benzene rings is 1. The SMILES string of the molecule is CC1(C)C(=CC=C2C=CC(=O)C=C2)[NH+](CCO)c2ccccc21. The molecule has 118 valence electrons. The molecule has 0 fully saturated rings. The molecule has 0 amide bonds. The van der Waals surface area contributed by atoms with Gasteiger partial charge in [0.2, 0.25) is 0 Å². The molecule has 23 heavy (non-hydrogen) atoms. The van der Waals surface area contributed by atoms with Crippen molar-refractivity contribution in [1.29, 1.82) is 0 Å². The second-order valence-corrected chi connectivity index (χ2v) is 6.44. The zero-order valence-electron chi connectivity index (χ0n) is 13.5. The number of nitrogens with one attached hydrogen (secondary N) is 1. The summed E-state index contributed by atoms with van der Waals surface area (Å²) in [6, 6.07) is 8.41. The summed E-state index contributed by atoms with van der Waals surface area (Å²) >= 11 is 0. The van der Waals surface area contributed by atoms with E-state index in [2.05, 4.69) is 38.1 Å². The van der Waals surface area contributed by atoms with Crippen LogP contribution < -0.4 is 4.90 Å². The molecule has 0 spiro atoms. The Bertz CT molecular complexity index is 733. The maximum absolute atomic E-state index is 11.2. The van der Waals surface area contributed by atoms with E-state index in [-0.39, 0.29) is 17.8 Å². The van der Waals surface area contributed by atoms with Crippen molar-refractivity contribution in [2.75, 3.05) is 13.2 Å². The van der Waals surface area contributed by atoms with Gasteiger partial charge in [0.05, 0.1) is 12.0 Å². The molecule has 1 aromatic rings. The van der Waals surface area contributed by atoms with Crippen molar-refractivity contribution in [2.45, 2.75) is 19.3 Å². The number of aliphatic hydroxyl groups is 1. The third kappa shape index (κ3) is 2.85. The minimum absolute atomic E-state index is 0.0240. The zero-order chi connectivity index (χ0) is 16.4. The molecule has 0 bridgehead atoms. The number of para-hydroxylation sites is 1. The number of rotatable bonds is 3. The quantitative estimate of drug-likeness (QED) is 0.897. The number of hydrogen-bond acceptors (Lipinski definition) is 2. The number of carbonyl (C=O) groups excluding carboxylic acids is 1. The van der Waals surface area contributed by atoms with Crippen LogP contribution >= 0.6 is 0 Å². The van der Waals surface area contributed by atoms with E-state index >= 15 is 0 Å². The Morgan fingerprint density at radius 3 is 2.48 bits per heavy atom. The third-order valence-electron chi connectivity index (χ3n) is 4.61. The van der Waals surface area contributed by atoms with Crippen LogP contribution in [0.5, 0.6) is 0 Å². The monoisotopic (exact) mass is 308 g/mol. The summed E-state index contributed by atoms with van der Waals surface area (Å²) in [4.78, 5) is 12.4. The summed E-state index contributed by atoms with van der Waals surface area (Å²) in [5.41, 5.74) is 4.70. The molecule has 3 rings (SSSR count). The summed E-state index contributed by atoms with van der Waals surface area (Å²) in [5.74, 6) is 0.0240. The molecule has 0 radical (unpaired) electrons. The van der Waals surface area contributed by atoms with Crippen LogP contribution in [-0.4, -0.2) is 24.0 Å². The van der Waals surface area contributed by atoms with Crippen LogP contribution in [-0.2, 0) is 10.2 Å². The van der Waals surface area contributed by atoms with E-state index in [1.54, 1.807) is 12.2 Å². The highest BCUT2D eigenvalue weighted by Gasteiger charge is 2.44. The molecule has 3 nitrogen and oxygen atoms in total. The molecule has 1 aromatic carbocycles. The van der Waals surface area contributed by atoms with Gasteiger partial charge in [-0.25, -0.2) is 0 Å². The fourth-order valence-corrected chi connectivity index (χ4v) is 3.41. The maximum atomic E-state index is 11.2. The van der Waals surface area contributed by atoms with E-state index in [9.17, 15) is 9.90 Å². The topological polar surface area (TPSA) is 41.7 Å². The number of carbonyl (C=O) groups is 1. The van der Waals surface area contributed by atoms with E-state index in [4.69, 9.17) is 0 Å². The summed E-state index contributed by atoms with van der Waals surface area (Å²) in [6.07, 6.45) is 11.0. The molecular weight excluding hydrogens is 286 g/mol. The Labute approximate surface area is 136 Å². The molecule has 1 aliphatic carbocycles. The van der Waals surface area contributed by atoms with E-state index in [0.717, 1.165) is 5.57 Å². The summed E-state index contributed by atoms with van der Waals surface area (Å²) in [5, 5.41) is 9.46. The van der Waals surface area contributed by atoms with Crippen LogP contribution in [0.3, 0.4) is 0 Å². The van der Waals surface area contributed by atoms with Crippen LogP contribution in [0.15, 0.2) is 72.0 Å². The number of quaternary nitrogens is 1. The van der Waals surface area contributed by atoms with E-state index < -0.39 is 0 Å². The highest BCUT2D eigenvalue weighted by molar-refractivity contribution is 6.01. The molecule has 1 atom stereocenters. The highest BCUT2D eigenvalue weighted by Crippen LogP contribution is 2.38. The first-order valence-electron chi connectivity index (χ1n) is 7.93. The third-order valence-corrected chi connectivity index (χ3v) is 4.61. The lowest BCUT2D eigenvalue weighted by molar-refractivity contribution is -0.789. The largest absolute Gasteiger partial charge is 0.390 e. The second kappa shape index (κ2) is 6.11. The van der Waals surface area contributed by atoms with Crippen LogP contribution in [0, 0.1) is 0 Å². The minimum Gasteiger partial charge on any atom is -0.390 e. The molecule has 1 heterocycles. The predicted molar refractivity (Wildman–Crippen MR) is 91.5 cm³/mol. The Morgan fingerprint density at radius 1 is 1.09 bits per heavy atom. The lowest BCUT2D eigenvalue weighted by Crippen LogP contribution is -3.05. The zero-order valence-corrected chi connectivity index (χ0v) is 13.5. The Kier molecular flexibility index (Phi) is 4.16. The minimum atomic E-state index is -0.0872. The molecule has 3 heteroatoms. The highest BCUT2D eigenvalue weighted by atomic mass is 16.3. The van der Waals surface area contributed by atoms with Crippen LogP contribution in [0.4, 0.5) is 5.69 Å². The number of aliphatic hydroxyl groups excluding tert-OH is 1. The molecule has 2 N–H and O–H groups in total. The standard InChI is InChI=1S/C20H21NO2/c1-20(2)17-5-3-4-6-18(17)21(13-14-22)19(20)12-9-15-7-10-16(23)11-8-15/h3-12,22H,13-14H2,1-2H3/p+1. The maximum Gasteiger partial charge on any atom is 0.178 e. The van der Waals surface area contributed by atoms with Crippen molar-refractivity contribution in [3.63, 3.8) is 0 Å². The van der Waals surface area contributed by atoms with Gasteiger partial charge < -0.3 is 5.11 Å². The smallest absolute Gasteiger partial charge is 0.178 e. The average Bonchev–Trinajstić information content (AvgIpc) is 2.76. The van der Waals surface area contributed by atoms with Crippen molar-refractivity contribution >= 4 is 11.5 Å². The Hall–Kier alpha value is -2.23. The normalized spacial score (nSPS) is 23.4. The molecule has 1 unspecified atom stereocenters. The van der Waals surface area contributed by atoms with Gasteiger partial charge in [0, 0.05) is 5.56 Å². The Morgan fingerprint density at radius 2 is 1.78 bits per heavy atom. The van der Waals surface area contributed by atoms with Crippen molar-refractivity contribution in [3.8, 4) is 0 Å². The lowest BCUT2D eigenvalue weighted by atomic mass is 9.83. The summed E-state index contributed by atoms with van der Waals surface area (Å²) in [6.45, 7) is 5.23. The van der Waals surface area contributed by atoms with Crippen LogP contribution in [0.25, 0.3) is 0 Å². The predicted octanol–water partition coefficient (Wildman–Crippen LogP) is 1.99. The fraction of sp³-hybridized carbons (Fsp3) is 0.250. The van der Waals surface area contributed by atoms with Crippen molar-refractivity contribution in [2.24, 2.45) is 0 Å². The number of ketones is 1. The number of allylic oxidation sites excluding steroid dienone is 8. The molecule has 1 aliphatic heterocycles. The van der Waals surface area contributed by atoms with Gasteiger partial charge in [-0.1, -0.05) is 30.4 Å². The van der Waals surface area contributed by atoms with E-state index in [0.29, 0.717) is 6.54 Å². The van der Waals surface area contributed by atoms with Gasteiger partial charge in [-0.3, -0.25) is 9.69 Å². The van der Waals surface area contributed by atoms with Crippen molar-refractivity contribution in [1.82, 2.24) is 0 Å². The molecular formula is C20H22NO2+. The Balaban J connectivity index is 2.02. The summed E-state index contributed by atoms with van der Waals surface area (Å²) < 4.78 is 0. The van der Waals surface area contributed by atoms with Gasteiger partial charge in [0.25, 0.3) is 0 Å². The first kappa shape index (κ1) is 15.7. The van der Waals surface area contributed by atoms with Crippen LogP contribution in [0.2, 0.25) is 0 Å². The summed E-state index contributed by atoms with van der Waals surface area (Å²) in [7, 11) is 0. The second-order valence-electron chi connectivity index (χ2n) is 6.44. The van der Waals surface area contributed by atoms with Crippen LogP contribution in [0.1, 0.15) is 19.4 Å².